The Morgan fingerprint density at radius 3 is 1.73 bits per heavy atom. The molecule has 4 atom stereocenters. The van der Waals surface area contributed by atoms with Crippen LogP contribution in [0.1, 0.15) is 105 Å². The quantitative estimate of drug-likeness (QED) is 0.110. The molecule has 0 spiro atoms. The number of ether oxygens (including phenoxy) is 1. The van der Waals surface area contributed by atoms with Gasteiger partial charge >= 0.3 is 14.2 Å². The number of carbonyl (C=O) groups excluding carboxylic acids is 1. The van der Waals surface area contributed by atoms with Crippen LogP contribution >= 0.6 is 8.25 Å². The van der Waals surface area contributed by atoms with Gasteiger partial charge < -0.3 is 13.8 Å². The maximum Gasteiger partial charge on any atom is 0.318 e. The topological polar surface area (TPSA) is 61.8 Å². The van der Waals surface area contributed by atoms with Crippen LogP contribution in [0.5, 0.6) is 0 Å². The van der Waals surface area contributed by atoms with Gasteiger partial charge in [0.25, 0.3) is 0 Å². The molecule has 0 aromatic carbocycles. The summed E-state index contributed by atoms with van der Waals surface area (Å²) in [4.78, 5) is 11.9. The van der Waals surface area contributed by atoms with E-state index in [9.17, 15) is 9.36 Å². The van der Waals surface area contributed by atoms with E-state index in [1.807, 2.05) is 0 Å². The molecule has 0 amide bonds. The highest BCUT2D eigenvalue weighted by molar-refractivity contribution is 7.33. The van der Waals surface area contributed by atoms with Gasteiger partial charge in [0.1, 0.15) is 0 Å². The predicted octanol–water partition coefficient (Wildman–Crippen LogP) is 7.44. The fourth-order valence-corrected chi connectivity index (χ4v) is 4.13. The van der Waals surface area contributed by atoms with Crippen LogP contribution in [0.2, 0.25) is 0 Å². The third-order valence-electron chi connectivity index (χ3n) is 5.72. The van der Waals surface area contributed by atoms with Crippen LogP contribution in [0.25, 0.3) is 0 Å². The average molecular weight is 449 g/mol. The Balaban J connectivity index is 3.64. The summed E-state index contributed by atoms with van der Waals surface area (Å²) < 4.78 is 25.7. The van der Waals surface area contributed by atoms with Crippen molar-refractivity contribution in [3.63, 3.8) is 0 Å². The van der Waals surface area contributed by atoms with Crippen molar-refractivity contribution in [3.05, 3.63) is 0 Å². The summed E-state index contributed by atoms with van der Waals surface area (Å²) in [5.74, 6) is 2.66. The van der Waals surface area contributed by atoms with Crippen LogP contribution < -0.4 is 0 Å². The maximum atomic E-state index is 11.9. The predicted molar refractivity (Wildman–Crippen MR) is 126 cm³/mol. The Hall–Kier alpha value is -0.380. The fraction of sp³-hybridized carbons (Fsp3) is 0.958. The standard InChI is InChI=1S/C24H49O5P/c1-20(2)11-7-12-21(3)13-8-14-22(4)15-9-16-23(5)19-24(25)28-17-10-18-29-30(26)27-6/h20-23,30H,7-19H2,1-6H3. The lowest BCUT2D eigenvalue weighted by molar-refractivity contribution is -0.144. The van der Waals surface area contributed by atoms with Crippen molar-refractivity contribution in [1.82, 2.24) is 0 Å². The monoisotopic (exact) mass is 448 g/mol. The lowest BCUT2D eigenvalue weighted by Gasteiger charge is -2.16. The summed E-state index contributed by atoms with van der Waals surface area (Å²) in [5.41, 5.74) is 0. The molecule has 0 fully saturated rings. The zero-order valence-electron chi connectivity index (χ0n) is 20.5. The molecule has 0 aliphatic heterocycles. The van der Waals surface area contributed by atoms with Crippen molar-refractivity contribution < 1.29 is 23.1 Å². The molecule has 0 aliphatic carbocycles. The van der Waals surface area contributed by atoms with E-state index in [0.717, 1.165) is 24.2 Å². The zero-order chi connectivity index (χ0) is 22.8. The van der Waals surface area contributed by atoms with Crippen LogP contribution in [0, 0.1) is 23.7 Å². The summed E-state index contributed by atoms with van der Waals surface area (Å²) in [6.07, 6.45) is 12.6. The lowest BCUT2D eigenvalue weighted by atomic mass is 9.91. The molecule has 0 saturated carbocycles. The third-order valence-corrected chi connectivity index (χ3v) is 6.49. The Labute approximate surface area is 187 Å². The molecule has 0 rings (SSSR count). The van der Waals surface area contributed by atoms with E-state index in [0.29, 0.717) is 25.4 Å². The van der Waals surface area contributed by atoms with E-state index >= 15 is 0 Å². The summed E-state index contributed by atoms with van der Waals surface area (Å²) in [6, 6.07) is 0. The Morgan fingerprint density at radius 2 is 1.23 bits per heavy atom. The van der Waals surface area contributed by atoms with Gasteiger partial charge in [0.05, 0.1) is 13.2 Å². The van der Waals surface area contributed by atoms with Gasteiger partial charge in [-0.3, -0.25) is 9.36 Å². The fourth-order valence-electron chi connectivity index (χ4n) is 3.70. The van der Waals surface area contributed by atoms with E-state index in [1.54, 1.807) is 0 Å². The van der Waals surface area contributed by atoms with Crippen molar-refractivity contribution in [1.29, 1.82) is 0 Å². The highest BCUT2D eigenvalue weighted by Gasteiger charge is 2.12. The minimum absolute atomic E-state index is 0.151. The van der Waals surface area contributed by atoms with Crippen LogP contribution in [0.15, 0.2) is 0 Å². The number of carbonyl (C=O) groups is 1. The van der Waals surface area contributed by atoms with Gasteiger partial charge in [-0.15, -0.1) is 0 Å². The van der Waals surface area contributed by atoms with Gasteiger partial charge in [0, 0.05) is 20.0 Å². The first-order valence-corrected chi connectivity index (χ1v) is 13.3. The number of rotatable bonds is 20. The Bertz CT molecular complexity index is 441. The van der Waals surface area contributed by atoms with Crippen LogP contribution in [0.3, 0.4) is 0 Å². The molecule has 0 saturated heterocycles. The van der Waals surface area contributed by atoms with Crippen LogP contribution in [-0.2, 0) is 23.1 Å². The molecule has 6 heteroatoms. The highest BCUT2D eigenvalue weighted by Crippen LogP contribution is 2.23. The molecule has 0 heterocycles. The molecule has 180 valence electrons. The van der Waals surface area contributed by atoms with E-state index in [2.05, 4.69) is 39.1 Å². The van der Waals surface area contributed by atoms with Crippen molar-refractivity contribution in [3.8, 4) is 0 Å². The van der Waals surface area contributed by atoms with E-state index in [1.165, 1.54) is 58.5 Å². The van der Waals surface area contributed by atoms with Gasteiger partial charge in [0.15, 0.2) is 0 Å². The second-order valence-corrected chi connectivity index (χ2v) is 10.8. The van der Waals surface area contributed by atoms with Crippen molar-refractivity contribution in [2.75, 3.05) is 20.3 Å². The first-order valence-electron chi connectivity index (χ1n) is 12.1. The van der Waals surface area contributed by atoms with Crippen molar-refractivity contribution in [2.45, 2.75) is 105 Å². The van der Waals surface area contributed by atoms with Crippen LogP contribution in [-0.4, -0.2) is 26.3 Å². The number of esters is 1. The average Bonchev–Trinajstić information content (AvgIpc) is 2.67. The Morgan fingerprint density at radius 1 is 0.733 bits per heavy atom. The van der Waals surface area contributed by atoms with Gasteiger partial charge in [-0.1, -0.05) is 92.4 Å². The van der Waals surface area contributed by atoms with Gasteiger partial charge in [-0.25, -0.2) is 0 Å². The van der Waals surface area contributed by atoms with Crippen molar-refractivity contribution in [2.24, 2.45) is 23.7 Å². The van der Waals surface area contributed by atoms with E-state index < -0.39 is 8.25 Å². The zero-order valence-corrected chi connectivity index (χ0v) is 21.5. The van der Waals surface area contributed by atoms with E-state index in [-0.39, 0.29) is 12.6 Å². The molecule has 0 aromatic heterocycles. The summed E-state index contributed by atoms with van der Waals surface area (Å²) in [5, 5.41) is 0. The third kappa shape index (κ3) is 19.6. The van der Waals surface area contributed by atoms with Crippen molar-refractivity contribution >= 4 is 14.2 Å². The second-order valence-electron chi connectivity index (χ2n) is 9.58. The van der Waals surface area contributed by atoms with Gasteiger partial charge in [-0.05, 0) is 23.7 Å². The molecule has 5 nitrogen and oxygen atoms in total. The lowest BCUT2D eigenvalue weighted by Crippen LogP contribution is -2.11. The SMILES string of the molecule is CO[PH](=O)OCCCOC(=O)CC(C)CCCC(C)CCCC(C)CCCC(C)C. The summed E-state index contributed by atoms with van der Waals surface area (Å²) in [6.45, 7) is 12.1. The molecule has 0 bridgehead atoms. The molecule has 0 aliphatic rings. The summed E-state index contributed by atoms with van der Waals surface area (Å²) >= 11 is 0. The first-order chi connectivity index (χ1) is 14.2. The molecule has 30 heavy (non-hydrogen) atoms. The van der Waals surface area contributed by atoms with Crippen LogP contribution in [0.4, 0.5) is 0 Å². The summed E-state index contributed by atoms with van der Waals surface area (Å²) in [7, 11) is -1.03. The molecular formula is C24H49O5P. The molecular weight excluding hydrogens is 399 g/mol. The molecule has 4 unspecified atom stereocenters. The highest BCUT2D eigenvalue weighted by atomic mass is 31.1. The second kappa shape index (κ2) is 19.3. The first kappa shape index (κ1) is 29.6. The number of hydrogen-bond acceptors (Lipinski definition) is 5. The normalized spacial score (nSPS) is 15.7. The van der Waals surface area contributed by atoms with E-state index in [4.69, 9.17) is 9.26 Å². The van der Waals surface area contributed by atoms with Gasteiger partial charge in [-0.2, -0.15) is 0 Å². The molecule has 0 radical (unpaired) electrons. The minimum Gasteiger partial charge on any atom is -0.466 e. The van der Waals surface area contributed by atoms with Gasteiger partial charge in [0.2, 0.25) is 0 Å². The smallest absolute Gasteiger partial charge is 0.318 e. The molecule has 0 aromatic rings. The number of hydrogen-bond donors (Lipinski definition) is 0. The maximum absolute atomic E-state index is 11.9. The minimum atomic E-state index is -2.37. The molecule has 0 N–H and O–H groups in total. The Kier molecular flexibility index (Phi) is 19.1. The largest absolute Gasteiger partial charge is 0.466 e.